The van der Waals surface area contributed by atoms with E-state index in [4.69, 9.17) is 4.74 Å². The van der Waals surface area contributed by atoms with Crippen LogP contribution in [0.2, 0.25) is 0 Å². The molecule has 1 aromatic carbocycles. The van der Waals surface area contributed by atoms with Crippen LogP contribution in [0.1, 0.15) is 44.0 Å². The fourth-order valence-corrected chi connectivity index (χ4v) is 2.69. The number of nitrogens with one attached hydrogen (secondary N) is 1. The van der Waals surface area contributed by atoms with E-state index in [1.165, 1.54) is 0 Å². The van der Waals surface area contributed by atoms with E-state index >= 15 is 0 Å². The number of hydrogen-bond acceptors (Lipinski definition) is 2. The van der Waals surface area contributed by atoms with Gasteiger partial charge in [-0.1, -0.05) is 35.0 Å². The molecule has 1 unspecified atom stereocenters. The number of carbonyl (C=O) groups excluding carboxylic acids is 1. The summed E-state index contributed by atoms with van der Waals surface area (Å²) in [4.78, 5) is 12.4. The first-order valence-electron chi connectivity index (χ1n) is 6.66. The highest BCUT2D eigenvalue weighted by Gasteiger charge is 2.25. The number of alkyl halides is 1. The molecule has 0 saturated heterocycles. The second-order valence-corrected chi connectivity index (χ2v) is 5.53. The van der Waals surface area contributed by atoms with Gasteiger partial charge in [-0.25, -0.2) is 0 Å². The van der Waals surface area contributed by atoms with Crippen molar-refractivity contribution in [3.63, 3.8) is 0 Å². The number of ether oxygens (including phenoxy) is 1. The molecular formula is C15H22BrNO2. The summed E-state index contributed by atoms with van der Waals surface area (Å²) in [6, 6.07) is 7.35. The SMILES string of the molecule is CCOc1ccccc1C(=O)NC(C)(CC)CCBr. The maximum Gasteiger partial charge on any atom is 0.255 e. The van der Waals surface area contributed by atoms with Crippen molar-refractivity contribution in [1.29, 1.82) is 0 Å². The third-order valence-corrected chi connectivity index (χ3v) is 3.67. The molecule has 3 nitrogen and oxygen atoms in total. The van der Waals surface area contributed by atoms with Crippen LogP contribution in [0, 0.1) is 0 Å². The van der Waals surface area contributed by atoms with E-state index in [-0.39, 0.29) is 11.4 Å². The van der Waals surface area contributed by atoms with Gasteiger partial charge in [-0.15, -0.1) is 0 Å². The summed E-state index contributed by atoms with van der Waals surface area (Å²) in [5.41, 5.74) is 0.401. The van der Waals surface area contributed by atoms with Gasteiger partial charge in [-0.05, 0) is 38.8 Å². The molecule has 0 radical (unpaired) electrons. The summed E-state index contributed by atoms with van der Waals surface area (Å²) in [7, 11) is 0. The van der Waals surface area contributed by atoms with Gasteiger partial charge in [0.05, 0.1) is 12.2 Å². The molecule has 0 aliphatic carbocycles. The molecule has 1 aromatic rings. The summed E-state index contributed by atoms with van der Waals surface area (Å²) in [6.07, 6.45) is 1.78. The third kappa shape index (κ3) is 4.53. The van der Waals surface area contributed by atoms with Crippen LogP contribution in [0.3, 0.4) is 0 Å². The van der Waals surface area contributed by atoms with E-state index in [9.17, 15) is 4.79 Å². The monoisotopic (exact) mass is 327 g/mol. The average Bonchev–Trinajstić information content (AvgIpc) is 2.40. The zero-order chi connectivity index (χ0) is 14.3. The second kappa shape index (κ2) is 7.53. The Kier molecular flexibility index (Phi) is 6.35. The number of carbonyl (C=O) groups is 1. The predicted molar refractivity (Wildman–Crippen MR) is 82.2 cm³/mol. The Morgan fingerprint density at radius 3 is 2.63 bits per heavy atom. The van der Waals surface area contributed by atoms with Crippen LogP contribution in [0.15, 0.2) is 24.3 Å². The van der Waals surface area contributed by atoms with E-state index < -0.39 is 0 Å². The van der Waals surface area contributed by atoms with Crippen LogP contribution in [0.25, 0.3) is 0 Å². The molecule has 0 aliphatic rings. The molecule has 1 N–H and O–H groups in total. The lowest BCUT2D eigenvalue weighted by atomic mass is 9.95. The molecule has 1 amide bonds. The fraction of sp³-hybridized carbons (Fsp3) is 0.533. The average molecular weight is 328 g/mol. The van der Waals surface area contributed by atoms with Gasteiger partial charge in [-0.3, -0.25) is 4.79 Å². The molecular weight excluding hydrogens is 306 g/mol. The Labute approximate surface area is 123 Å². The third-order valence-electron chi connectivity index (χ3n) is 3.27. The molecule has 0 aromatic heterocycles. The van der Waals surface area contributed by atoms with Crippen molar-refractivity contribution >= 4 is 21.8 Å². The minimum Gasteiger partial charge on any atom is -0.493 e. The lowest BCUT2D eigenvalue weighted by Crippen LogP contribution is -2.45. The highest BCUT2D eigenvalue weighted by molar-refractivity contribution is 9.09. The molecule has 0 saturated carbocycles. The lowest BCUT2D eigenvalue weighted by molar-refractivity contribution is 0.0898. The summed E-state index contributed by atoms with van der Waals surface area (Å²) < 4.78 is 5.50. The van der Waals surface area contributed by atoms with Gasteiger partial charge in [0.15, 0.2) is 0 Å². The first kappa shape index (κ1) is 16.0. The molecule has 1 rings (SSSR count). The minimum absolute atomic E-state index is 0.0747. The summed E-state index contributed by atoms with van der Waals surface area (Å²) in [5, 5.41) is 3.98. The summed E-state index contributed by atoms with van der Waals surface area (Å²) in [5.74, 6) is 0.564. The fourth-order valence-electron chi connectivity index (χ4n) is 1.81. The summed E-state index contributed by atoms with van der Waals surface area (Å²) in [6.45, 7) is 6.61. The van der Waals surface area contributed by atoms with E-state index in [1.54, 1.807) is 6.07 Å². The van der Waals surface area contributed by atoms with E-state index in [0.29, 0.717) is 17.9 Å². The standard InChI is InChI=1S/C15H22BrNO2/c1-4-15(3,10-11-16)17-14(18)12-8-6-7-9-13(12)19-5-2/h6-9H,4-5,10-11H2,1-3H3,(H,17,18). The Balaban J connectivity index is 2.88. The number of para-hydroxylation sites is 1. The van der Waals surface area contributed by atoms with E-state index in [0.717, 1.165) is 18.2 Å². The minimum atomic E-state index is -0.195. The molecule has 0 fully saturated rings. The zero-order valence-electron chi connectivity index (χ0n) is 11.8. The predicted octanol–water partition coefficient (Wildman–Crippen LogP) is 3.77. The Bertz CT molecular complexity index is 422. The maximum atomic E-state index is 12.4. The number of rotatable bonds is 7. The highest BCUT2D eigenvalue weighted by atomic mass is 79.9. The van der Waals surface area contributed by atoms with Crippen molar-refractivity contribution in [3.8, 4) is 5.75 Å². The molecule has 0 spiro atoms. The normalized spacial score (nSPS) is 13.7. The van der Waals surface area contributed by atoms with Gasteiger partial charge in [0.25, 0.3) is 5.91 Å². The van der Waals surface area contributed by atoms with Crippen molar-refractivity contribution in [2.75, 3.05) is 11.9 Å². The van der Waals surface area contributed by atoms with Crippen molar-refractivity contribution in [3.05, 3.63) is 29.8 Å². The van der Waals surface area contributed by atoms with Crippen molar-refractivity contribution in [2.24, 2.45) is 0 Å². The lowest BCUT2D eigenvalue weighted by Gasteiger charge is -2.29. The molecule has 19 heavy (non-hydrogen) atoms. The first-order chi connectivity index (χ1) is 9.06. The number of amides is 1. The van der Waals surface area contributed by atoms with Crippen molar-refractivity contribution in [1.82, 2.24) is 5.32 Å². The van der Waals surface area contributed by atoms with E-state index in [2.05, 4.69) is 35.1 Å². The molecule has 0 aliphatic heterocycles. The van der Waals surface area contributed by atoms with E-state index in [1.807, 2.05) is 25.1 Å². The number of hydrogen-bond donors (Lipinski definition) is 1. The van der Waals surface area contributed by atoms with Crippen LogP contribution >= 0.6 is 15.9 Å². The Morgan fingerprint density at radius 2 is 2.05 bits per heavy atom. The van der Waals surface area contributed by atoms with Gasteiger partial charge in [-0.2, -0.15) is 0 Å². The quantitative estimate of drug-likeness (QED) is 0.774. The summed E-state index contributed by atoms with van der Waals surface area (Å²) >= 11 is 3.44. The molecule has 4 heteroatoms. The highest BCUT2D eigenvalue weighted by Crippen LogP contribution is 2.21. The van der Waals surface area contributed by atoms with Crippen molar-refractivity contribution < 1.29 is 9.53 Å². The molecule has 0 heterocycles. The zero-order valence-corrected chi connectivity index (χ0v) is 13.4. The van der Waals surface area contributed by atoms with Gasteiger partial charge >= 0.3 is 0 Å². The molecule has 1 atom stereocenters. The largest absolute Gasteiger partial charge is 0.493 e. The van der Waals surface area contributed by atoms with Gasteiger partial charge in [0, 0.05) is 10.9 Å². The van der Waals surface area contributed by atoms with Crippen LogP contribution in [0.4, 0.5) is 0 Å². The maximum absolute atomic E-state index is 12.4. The number of benzene rings is 1. The molecule has 106 valence electrons. The first-order valence-corrected chi connectivity index (χ1v) is 7.78. The second-order valence-electron chi connectivity index (χ2n) is 4.74. The Hall–Kier alpha value is -1.03. The van der Waals surface area contributed by atoms with Crippen LogP contribution in [-0.2, 0) is 0 Å². The number of halogens is 1. The van der Waals surface area contributed by atoms with Gasteiger partial charge in [0.2, 0.25) is 0 Å². The van der Waals surface area contributed by atoms with Gasteiger partial charge in [0.1, 0.15) is 5.75 Å². The van der Waals surface area contributed by atoms with Crippen LogP contribution in [0.5, 0.6) is 5.75 Å². The van der Waals surface area contributed by atoms with Gasteiger partial charge < -0.3 is 10.1 Å². The molecule has 0 bridgehead atoms. The van der Waals surface area contributed by atoms with Crippen LogP contribution < -0.4 is 10.1 Å². The van der Waals surface area contributed by atoms with Crippen LogP contribution in [-0.4, -0.2) is 23.4 Å². The Morgan fingerprint density at radius 1 is 1.37 bits per heavy atom. The topological polar surface area (TPSA) is 38.3 Å². The smallest absolute Gasteiger partial charge is 0.255 e. The van der Waals surface area contributed by atoms with Crippen molar-refractivity contribution in [2.45, 2.75) is 39.2 Å².